The molecule has 1 fully saturated rings. The van der Waals surface area contributed by atoms with Gasteiger partial charge in [0.15, 0.2) is 0 Å². The van der Waals surface area contributed by atoms with E-state index in [2.05, 4.69) is 75.0 Å². The maximum Gasteiger partial charge on any atom is 0.100 e. The second-order valence-corrected chi connectivity index (χ2v) is 11.0. The standard InChI is InChI=1S/C27H48N2O4/c1-21(2)23-11-15-28(16-12-23)26(5,6)13-9-10-14-27(7,8)29(22(3)4)17-24(31)19-33-20-25(32)18-30/h21-25,30-32H,11-12,15-20H2,1-8H3. The Balaban J connectivity index is 2.73. The molecule has 0 bridgehead atoms. The summed E-state index contributed by atoms with van der Waals surface area (Å²) in [6.45, 7) is 19.5. The fourth-order valence-corrected chi connectivity index (χ4v) is 4.40. The molecule has 2 unspecified atom stereocenters. The van der Waals surface area contributed by atoms with E-state index in [1.807, 2.05) is 13.8 Å². The van der Waals surface area contributed by atoms with Crippen molar-refractivity contribution in [2.45, 2.75) is 97.6 Å². The van der Waals surface area contributed by atoms with Gasteiger partial charge in [-0.3, -0.25) is 9.80 Å². The average Bonchev–Trinajstić information content (AvgIpc) is 2.74. The first kappa shape index (κ1) is 29.9. The van der Waals surface area contributed by atoms with Crippen molar-refractivity contribution >= 4 is 0 Å². The molecule has 0 aromatic rings. The molecule has 0 aromatic heterocycles. The molecule has 1 rings (SSSR count). The molecule has 1 saturated heterocycles. The van der Waals surface area contributed by atoms with Crippen LogP contribution in [-0.4, -0.2) is 93.9 Å². The van der Waals surface area contributed by atoms with Crippen LogP contribution in [0.2, 0.25) is 0 Å². The van der Waals surface area contributed by atoms with Crippen molar-refractivity contribution in [3.05, 3.63) is 0 Å². The Labute approximate surface area is 202 Å². The molecule has 1 aliphatic heterocycles. The maximum atomic E-state index is 10.4. The van der Waals surface area contributed by atoms with Crippen LogP contribution in [0.15, 0.2) is 0 Å². The van der Waals surface area contributed by atoms with Crippen molar-refractivity contribution in [1.82, 2.24) is 9.80 Å². The minimum absolute atomic E-state index is 0.00104. The first-order valence-corrected chi connectivity index (χ1v) is 12.4. The predicted molar refractivity (Wildman–Crippen MR) is 135 cm³/mol. The van der Waals surface area contributed by atoms with Gasteiger partial charge in [0.25, 0.3) is 0 Å². The van der Waals surface area contributed by atoms with E-state index in [0.29, 0.717) is 6.54 Å². The molecule has 6 heteroatoms. The lowest BCUT2D eigenvalue weighted by atomic mass is 9.85. The van der Waals surface area contributed by atoms with E-state index in [1.54, 1.807) is 0 Å². The van der Waals surface area contributed by atoms with Gasteiger partial charge in [-0.1, -0.05) is 25.7 Å². The van der Waals surface area contributed by atoms with E-state index in [0.717, 1.165) is 24.9 Å². The summed E-state index contributed by atoms with van der Waals surface area (Å²) < 4.78 is 5.30. The number of aliphatic hydroxyl groups excluding tert-OH is 3. The highest BCUT2D eigenvalue weighted by atomic mass is 16.5. The first-order valence-electron chi connectivity index (χ1n) is 12.4. The molecule has 33 heavy (non-hydrogen) atoms. The summed E-state index contributed by atoms with van der Waals surface area (Å²) in [5.74, 6) is 14.4. The number of piperidine rings is 1. The third-order valence-corrected chi connectivity index (χ3v) is 6.65. The van der Waals surface area contributed by atoms with E-state index in [4.69, 9.17) is 9.84 Å². The molecule has 0 amide bonds. The number of β-amino-alcohol motifs (C(OH)–C–C–N with tert-alkyl or cyclic N) is 1. The Morgan fingerprint density at radius 1 is 0.939 bits per heavy atom. The quantitative estimate of drug-likeness (QED) is 0.408. The number of hydrogen-bond acceptors (Lipinski definition) is 6. The van der Waals surface area contributed by atoms with Gasteiger partial charge in [0.05, 0.1) is 37.0 Å². The number of nitrogens with zero attached hydrogens (tertiary/aromatic N) is 2. The van der Waals surface area contributed by atoms with Crippen LogP contribution in [0, 0.1) is 35.5 Å². The fourth-order valence-electron chi connectivity index (χ4n) is 4.40. The van der Waals surface area contributed by atoms with Crippen LogP contribution in [0.5, 0.6) is 0 Å². The summed E-state index contributed by atoms with van der Waals surface area (Å²) in [6.07, 6.45) is 0.814. The molecule has 1 heterocycles. The highest BCUT2D eigenvalue weighted by Crippen LogP contribution is 2.28. The molecule has 0 spiro atoms. The number of likely N-dealkylation sites (tertiary alicyclic amines) is 1. The fraction of sp³-hybridized carbons (Fsp3) is 0.852. The zero-order chi connectivity index (χ0) is 25.2. The van der Waals surface area contributed by atoms with Crippen LogP contribution in [0.4, 0.5) is 0 Å². The van der Waals surface area contributed by atoms with Crippen molar-refractivity contribution in [1.29, 1.82) is 0 Å². The minimum atomic E-state index is -0.926. The molecule has 190 valence electrons. The number of rotatable bonds is 11. The van der Waals surface area contributed by atoms with Gasteiger partial charge in [-0.25, -0.2) is 0 Å². The molecule has 0 aromatic carbocycles. The van der Waals surface area contributed by atoms with Crippen LogP contribution < -0.4 is 0 Å². The molecule has 0 saturated carbocycles. The normalized spacial score (nSPS) is 18.1. The van der Waals surface area contributed by atoms with E-state index < -0.39 is 17.7 Å². The zero-order valence-electron chi connectivity index (χ0n) is 22.2. The Morgan fingerprint density at radius 3 is 2.00 bits per heavy atom. The average molecular weight is 465 g/mol. The van der Waals surface area contributed by atoms with Crippen molar-refractivity contribution in [3.8, 4) is 23.7 Å². The topological polar surface area (TPSA) is 76.4 Å². The molecule has 0 radical (unpaired) electrons. The third kappa shape index (κ3) is 10.4. The molecule has 0 aliphatic carbocycles. The summed E-state index contributed by atoms with van der Waals surface area (Å²) in [4.78, 5) is 4.59. The lowest BCUT2D eigenvalue weighted by Gasteiger charge is -2.41. The van der Waals surface area contributed by atoms with Crippen LogP contribution in [0.3, 0.4) is 0 Å². The molecular formula is C27H48N2O4. The van der Waals surface area contributed by atoms with Crippen LogP contribution in [0.1, 0.15) is 68.2 Å². The van der Waals surface area contributed by atoms with E-state index in [1.165, 1.54) is 12.8 Å². The van der Waals surface area contributed by atoms with E-state index in [9.17, 15) is 10.2 Å². The Hall–Kier alpha value is -1.12. The van der Waals surface area contributed by atoms with Gasteiger partial charge in [0.2, 0.25) is 0 Å². The zero-order valence-corrected chi connectivity index (χ0v) is 22.2. The van der Waals surface area contributed by atoms with Gasteiger partial charge in [0, 0.05) is 12.6 Å². The van der Waals surface area contributed by atoms with Crippen molar-refractivity contribution in [2.24, 2.45) is 11.8 Å². The SMILES string of the molecule is CC(C)C1CCN(C(C)(C)C#CC#CC(C)(C)N(CC(O)COCC(O)CO)C(C)C)CC1. The van der Waals surface area contributed by atoms with Gasteiger partial charge in [0.1, 0.15) is 6.10 Å². The van der Waals surface area contributed by atoms with Gasteiger partial charge >= 0.3 is 0 Å². The highest BCUT2D eigenvalue weighted by molar-refractivity contribution is 5.33. The smallest absolute Gasteiger partial charge is 0.100 e. The minimum Gasteiger partial charge on any atom is -0.394 e. The monoisotopic (exact) mass is 464 g/mol. The van der Waals surface area contributed by atoms with Gasteiger partial charge in [-0.15, -0.1) is 0 Å². The van der Waals surface area contributed by atoms with Crippen LogP contribution in [-0.2, 0) is 4.74 Å². The Bertz CT molecular complexity index is 688. The summed E-state index contributed by atoms with van der Waals surface area (Å²) in [5, 5.41) is 28.6. The maximum absolute atomic E-state index is 10.4. The van der Waals surface area contributed by atoms with E-state index in [-0.39, 0.29) is 31.4 Å². The predicted octanol–water partition coefficient (Wildman–Crippen LogP) is 2.36. The second kappa shape index (κ2) is 13.7. The summed E-state index contributed by atoms with van der Waals surface area (Å²) in [7, 11) is 0. The number of hydrogen-bond donors (Lipinski definition) is 3. The number of ether oxygens (including phenoxy) is 1. The third-order valence-electron chi connectivity index (χ3n) is 6.65. The summed E-state index contributed by atoms with van der Waals surface area (Å²) in [6, 6.07) is 0.165. The first-order chi connectivity index (χ1) is 15.3. The Morgan fingerprint density at radius 2 is 1.48 bits per heavy atom. The van der Waals surface area contributed by atoms with Gasteiger partial charge in [-0.05, 0) is 91.2 Å². The lowest BCUT2D eigenvalue weighted by molar-refractivity contribution is -0.0398. The highest BCUT2D eigenvalue weighted by Gasteiger charge is 2.31. The largest absolute Gasteiger partial charge is 0.394 e. The molecule has 1 aliphatic rings. The van der Waals surface area contributed by atoms with E-state index >= 15 is 0 Å². The van der Waals surface area contributed by atoms with Gasteiger partial charge < -0.3 is 20.1 Å². The summed E-state index contributed by atoms with van der Waals surface area (Å²) in [5.41, 5.74) is -0.681. The van der Waals surface area contributed by atoms with Crippen molar-refractivity contribution in [2.75, 3.05) is 39.5 Å². The molecule has 3 N–H and O–H groups in total. The Kier molecular flexibility index (Phi) is 12.4. The second-order valence-electron chi connectivity index (χ2n) is 11.0. The lowest BCUT2D eigenvalue weighted by Crippen LogP contribution is -2.51. The van der Waals surface area contributed by atoms with Crippen LogP contribution >= 0.6 is 0 Å². The van der Waals surface area contributed by atoms with Crippen molar-refractivity contribution < 1.29 is 20.1 Å². The molecule has 6 nitrogen and oxygen atoms in total. The molecule has 2 atom stereocenters. The van der Waals surface area contributed by atoms with Gasteiger partial charge in [-0.2, -0.15) is 0 Å². The summed E-state index contributed by atoms with van der Waals surface area (Å²) >= 11 is 0. The van der Waals surface area contributed by atoms with Crippen LogP contribution in [0.25, 0.3) is 0 Å². The number of aliphatic hydroxyl groups is 3. The molecular weight excluding hydrogens is 416 g/mol. The van der Waals surface area contributed by atoms with Crippen molar-refractivity contribution in [3.63, 3.8) is 0 Å².